The van der Waals surface area contributed by atoms with Gasteiger partial charge in [0.2, 0.25) is 0 Å². The number of nitrogens with two attached hydrogens (primary N) is 1. The number of aryl methyl sites for hydroxylation is 1. The van der Waals surface area contributed by atoms with E-state index in [1.54, 1.807) is 17.7 Å². The molecule has 0 radical (unpaired) electrons. The van der Waals surface area contributed by atoms with Gasteiger partial charge in [-0.1, -0.05) is 6.92 Å². The van der Waals surface area contributed by atoms with Crippen LogP contribution < -0.4 is 11.1 Å². The van der Waals surface area contributed by atoms with Gasteiger partial charge < -0.3 is 11.1 Å². The minimum atomic E-state index is 0.0929. The molecule has 1 aliphatic rings. The molecular weight excluding hydrogens is 232 g/mol. The van der Waals surface area contributed by atoms with Crippen LogP contribution in [0.2, 0.25) is 0 Å². The smallest absolute Gasteiger partial charge is 0.138 e. The number of rotatable bonds is 4. The molecular formula is C12H16N4S. The first-order valence-electron chi connectivity index (χ1n) is 5.98. The topological polar surface area (TPSA) is 63.8 Å². The summed E-state index contributed by atoms with van der Waals surface area (Å²) in [5.74, 6) is 0.939. The number of hydrogen-bond acceptors (Lipinski definition) is 5. The summed E-state index contributed by atoms with van der Waals surface area (Å²) in [5, 5.41) is 4.62. The molecule has 0 spiro atoms. The van der Waals surface area contributed by atoms with Gasteiger partial charge in [0.15, 0.2) is 0 Å². The molecule has 0 atom stereocenters. The highest BCUT2D eigenvalue weighted by atomic mass is 32.1. The highest BCUT2D eigenvalue weighted by molar-refractivity contribution is 7.18. The van der Waals surface area contributed by atoms with Crippen LogP contribution in [0, 0.1) is 0 Å². The van der Waals surface area contributed by atoms with Crippen molar-refractivity contribution in [1.29, 1.82) is 0 Å². The second-order valence-corrected chi connectivity index (χ2v) is 5.73. The Kier molecular flexibility index (Phi) is 2.52. The Morgan fingerprint density at radius 1 is 1.47 bits per heavy atom. The van der Waals surface area contributed by atoms with Gasteiger partial charge >= 0.3 is 0 Å². The predicted molar refractivity (Wildman–Crippen MR) is 71.4 cm³/mol. The van der Waals surface area contributed by atoms with Gasteiger partial charge in [0, 0.05) is 11.4 Å². The van der Waals surface area contributed by atoms with Crippen molar-refractivity contribution in [3.05, 3.63) is 17.3 Å². The molecule has 90 valence electrons. The third kappa shape index (κ3) is 1.89. The first kappa shape index (κ1) is 10.9. The van der Waals surface area contributed by atoms with Crippen molar-refractivity contribution in [2.75, 3.05) is 11.9 Å². The van der Waals surface area contributed by atoms with Crippen LogP contribution in [0.25, 0.3) is 10.2 Å². The maximum absolute atomic E-state index is 5.79. The summed E-state index contributed by atoms with van der Waals surface area (Å²) in [7, 11) is 0. The van der Waals surface area contributed by atoms with Gasteiger partial charge in [-0.25, -0.2) is 9.97 Å². The Labute approximate surface area is 104 Å². The molecule has 17 heavy (non-hydrogen) atoms. The third-order valence-electron chi connectivity index (χ3n) is 3.36. The zero-order valence-electron chi connectivity index (χ0n) is 9.86. The van der Waals surface area contributed by atoms with Crippen LogP contribution in [0.4, 0.5) is 5.82 Å². The molecule has 0 saturated heterocycles. The number of nitrogens with one attached hydrogen (secondary N) is 1. The Hall–Kier alpha value is -1.20. The number of anilines is 1. The number of nitrogens with zero attached hydrogens (tertiary/aromatic N) is 2. The molecule has 5 heteroatoms. The maximum atomic E-state index is 5.79. The zero-order chi connectivity index (χ0) is 11.9. The molecule has 3 rings (SSSR count). The van der Waals surface area contributed by atoms with Gasteiger partial charge in [-0.15, -0.1) is 11.3 Å². The average Bonchev–Trinajstić information content (AvgIpc) is 2.99. The van der Waals surface area contributed by atoms with E-state index in [0.29, 0.717) is 6.54 Å². The summed E-state index contributed by atoms with van der Waals surface area (Å²) >= 11 is 1.74. The summed E-state index contributed by atoms with van der Waals surface area (Å²) in [4.78, 5) is 11.1. The van der Waals surface area contributed by atoms with E-state index < -0.39 is 0 Å². The lowest BCUT2D eigenvalue weighted by Crippen LogP contribution is -2.31. The normalized spacial score (nSPS) is 17.3. The number of hydrogen-bond donors (Lipinski definition) is 2. The van der Waals surface area contributed by atoms with E-state index in [1.807, 2.05) is 0 Å². The van der Waals surface area contributed by atoms with Crippen LogP contribution in [-0.4, -0.2) is 22.1 Å². The van der Waals surface area contributed by atoms with Gasteiger partial charge in [-0.05, 0) is 25.3 Å². The molecule has 1 aliphatic carbocycles. The Morgan fingerprint density at radius 2 is 2.29 bits per heavy atom. The quantitative estimate of drug-likeness (QED) is 0.870. The summed E-state index contributed by atoms with van der Waals surface area (Å²) in [6.45, 7) is 2.83. The summed E-state index contributed by atoms with van der Waals surface area (Å²) in [6, 6.07) is 2.19. The van der Waals surface area contributed by atoms with Gasteiger partial charge in [0.05, 0.1) is 10.9 Å². The van der Waals surface area contributed by atoms with Crippen molar-refractivity contribution in [2.45, 2.75) is 31.7 Å². The molecule has 0 amide bonds. The van der Waals surface area contributed by atoms with E-state index in [4.69, 9.17) is 5.73 Å². The molecule has 1 fully saturated rings. The lowest BCUT2D eigenvalue weighted by Gasteiger charge is -2.15. The largest absolute Gasteiger partial charge is 0.363 e. The summed E-state index contributed by atoms with van der Waals surface area (Å²) < 4.78 is 0. The highest BCUT2D eigenvalue weighted by Gasteiger charge is 2.41. The third-order valence-corrected chi connectivity index (χ3v) is 4.54. The van der Waals surface area contributed by atoms with Crippen molar-refractivity contribution in [3.63, 3.8) is 0 Å². The van der Waals surface area contributed by atoms with E-state index in [9.17, 15) is 0 Å². The Balaban J connectivity index is 2.00. The van der Waals surface area contributed by atoms with Crippen LogP contribution in [0.15, 0.2) is 12.4 Å². The molecule has 0 aliphatic heterocycles. The minimum absolute atomic E-state index is 0.0929. The summed E-state index contributed by atoms with van der Waals surface area (Å²) in [6.07, 6.45) is 4.95. The first-order valence-corrected chi connectivity index (χ1v) is 6.80. The average molecular weight is 248 g/mol. The van der Waals surface area contributed by atoms with Crippen LogP contribution in [-0.2, 0) is 6.42 Å². The predicted octanol–water partition coefficient (Wildman–Crippen LogP) is 2.16. The fourth-order valence-corrected chi connectivity index (χ4v) is 2.90. The van der Waals surface area contributed by atoms with Gasteiger partial charge in [-0.2, -0.15) is 0 Å². The second-order valence-electron chi connectivity index (χ2n) is 4.62. The Morgan fingerprint density at radius 3 is 2.94 bits per heavy atom. The number of aromatic nitrogens is 2. The fraction of sp³-hybridized carbons (Fsp3) is 0.500. The molecule has 0 aromatic carbocycles. The molecule has 2 aromatic heterocycles. The molecule has 3 N–H and O–H groups in total. The van der Waals surface area contributed by atoms with Crippen molar-refractivity contribution < 1.29 is 0 Å². The minimum Gasteiger partial charge on any atom is -0.363 e. The molecule has 2 aromatic rings. The zero-order valence-corrected chi connectivity index (χ0v) is 10.7. The number of fused-ring (bicyclic) bond motifs is 1. The monoisotopic (exact) mass is 248 g/mol. The maximum Gasteiger partial charge on any atom is 0.138 e. The van der Waals surface area contributed by atoms with Crippen molar-refractivity contribution in [3.8, 4) is 0 Å². The van der Waals surface area contributed by atoms with Crippen LogP contribution >= 0.6 is 11.3 Å². The SMILES string of the molecule is CCc1cc2c(NC3(CN)CC3)ncnc2s1. The number of thiophene rings is 1. The highest BCUT2D eigenvalue weighted by Crippen LogP contribution is 2.39. The van der Waals surface area contributed by atoms with E-state index in [2.05, 4.69) is 28.3 Å². The van der Waals surface area contributed by atoms with E-state index in [-0.39, 0.29) is 5.54 Å². The molecule has 2 heterocycles. The molecule has 1 saturated carbocycles. The van der Waals surface area contributed by atoms with Crippen molar-refractivity contribution >= 4 is 27.4 Å². The lowest BCUT2D eigenvalue weighted by molar-refractivity contribution is 0.738. The van der Waals surface area contributed by atoms with Crippen LogP contribution in [0.3, 0.4) is 0 Å². The van der Waals surface area contributed by atoms with Crippen molar-refractivity contribution in [1.82, 2.24) is 9.97 Å². The lowest BCUT2D eigenvalue weighted by atomic mass is 10.2. The van der Waals surface area contributed by atoms with E-state index >= 15 is 0 Å². The molecule has 0 bridgehead atoms. The van der Waals surface area contributed by atoms with Gasteiger partial charge in [0.1, 0.15) is 17.0 Å². The van der Waals surface area contributed by atoms with Crippen molar-refractivity contribution in [2.24, 2.45) is 5.73 Å². The molecule has 0 unspecified atom stereocenters. The fourth-order valence-electron chi connectivity index (χ4n) is 1.96. The standard InChI is InChI=1S/C12H16N4S/c1-2-8-5-9-10(14-7-15-11(9)17-8)16-12(6-13)3-4-12/h5,7H,2-4,6,13H2,1H3,(H,14,15,16). The van der Waals surface area contributed by atoms with Crippen LogP contribution in [0.5, 0.6) is 0 Å². The van der Waals surface area contributed by atoms with Gasteiger partial charge in [-0.3, -0.25) is 0 Å². The van der Waals surface area contributed by atoms with Crippen LogP contribution in [0.1, 0.15) is 24.6 Å². The second kappa shape index (κ2) is 3.92. The summed E-state index contributed by atoms with van der Waals surface area (Å²) in [5.41, 5.74) is 5.88. The Bertz CT molecular complexity index is 544. The first-order chi connectivity index (χ1) is 8.26. The van der Waals surface area contributed by atoms with Gasteiger partial charge in [0.25, 0.3) is 0 Å². The van der Waals surface area contributed by atoms with E-state index in [1.165, 1.54) is 4.88 Å². The van der Waals surface area contributed by atoms with E-state index in [0.717, 1.165) is 35.3 Å². The molecule has 4 nitrogen and oxygen atoms in total.